The van der Waals surface area contributed by atoms with Gasteiger partial charge in [-0.1, -0.05) is 20.8 Å². The number of hydrogen-bond acceptors (Lipinski definition) is 3. The topological polar surface area (TPSA) is 63.4 Å². The van der Waals surface area contributed by atoms with E-state index in [-0.39, 0.29) is 24.3 Å². The fourth-order valence-electron chi connectivity index (χ4n) is 1.53. The number of primary amides is 1. The van der Waals surface area contributed by atoms with E-state index in [0.29, 0.717) is 12.3 Å². The van der Waals surface area contributed by atoms with E-state index in [4.69, 9.17) is 5.73 Å². The molecule has 1 unspecified atom stereocenters. The molecule has 0 radical (unpaired) electrons. The largest absolute Gasteiger partial charge is 0.369 e. The van der Waals surface area contributed by atoms with Crippen molar-refractivity contribution in [1.82, 2.24) is 4.90 Å². The van der Waals surface area contributed by atoms with Gasteiger partial charge in [0.15, 0.2) is 0 Å². The minimum absolute atomic E-state index is 0.150. The summed E-state index contributed by atoms with van der Waals surface area (Å²) in [6.45, 7) is 8.64. The van der Waals surface area contributed by atoms with Crippen LogP contribution in [-0.2, 0) is 9.59 Å². The van der Waals surface area contributed by atoms with Crippen molar-refractivity contribution in [3.05, 3.63) is 0 Å². The van der Waals surface area contributed by atoms with Gasteiger partial charge in [0.05, 0.1) is 12.6 Å². The maximum absolute atomic E-state index is 11.5. The second-order valence-corrected chi connectivity index (χ2v) is 4.29. The minimum atomic E-state index is -0.383. The smallest absolute Gasteiger partial charge is 0.231 e. The Bertz CT molecular complexity index is 227. The van der Waals surface area contributed by atoms with Crippen molar-refractivity contribution in [2.45, 2.75) is 40.2 Å². The first-order valence-corrected chi connectivity index (χ1v) is 5.43. The lowest BCUT2D eigenvalue weighted by Gasteiger charge is -2.28. The van der Waals surface area contributed by atoms with Gasteiger partial charge in [0.25, 0.3) is 0 Å². The van der Waals surface area contributed by atoms with Gasteiger partial charge in [-0.2, -0.15) is 0 Å². The van der Waals surface area contributed by atoms with Crippen LogP contribution in [-0.4, -0.2) is 35.7 Å². The first-order valence-electron chi connectivity index (χ1n) is 5.43. The van der Waals surface area contributed by atoms with Gasteiger partial charge in [0, 0.05) is 13.0 Å². The Morgan fingerprint density at radius 2 is 1.80 bits per heavy atom. The van der Waals surface area contributed by atoms with E-state index < -0.39 is 0 Å². The zero-order valence-electron chi connectivity index (χ0n) is 10.1. The molecule has 0 aliphatic carbocycles. The number of amides is 1. The van der Waals surface area contributed by atoms with E-state index >= 15 is 0 Å². The zero-order valence-corrected chi connectivity index (χ0v) is 10.1. The fraction of sp³-hybridized carbons (Fsp3) is 0.818. The maximum atomic E-state index is 11.5. The van der Waals surface area contributed by atoms with Crippen LogP contribution < -0.4 is 5.73 Å². The normalized spacial score (nSPS) is 13.2. The van der Waals surface area contributed by atoms with E-state index in [1.54, 1.807) is 0 Å². The summed E-state index contributed by atoms with van der Waals surface area (Å²) in [6.07, 6.45) is 0.495. The molecule has 1 amide bonds. The molecule has 0 saturated carbocycles. The quantitative estimate of drug-likeness (QED) is 0.681. The highest BCUT2D eigenvalue weighted by molar-refractivity contribution is 5.84. The number of carbonyl (C=O) groups excluding carboxylic acids is 2. The average Bonchev–Trinajstić information content (AvgIpc) is 2.13. The van der Waals surface area contributed by atoms with E-state index in [1.165, 1.54) is 0 Å². The van der Waals surface area contributed by atoms with Crippen molar-refractivity contribution in [2.24, 2.45) is 11.7 Å². The molecule has 4 nitrogen and oxygen atoms in total. The minimum Gasteiger partial charge on any atom is -0.369 e. The van der Waals surface area contributed by atoms with E-state index in [9.17, 15) is 9.59 Å². The lowest BCUT2D eigenvalue weighted by molar-refractivity contribution is -0.125. The second-order valence-electron chi connectivity index (χ2n) is 4.29. The molecule has 0 rings (SSSR count). The van der Waals surface area contributed by atoms with Crippen molar-refractivity contribution in [3.8, 4) is 0 Å². The number of Topliss-reactive ketones (excluding diaryl/α,β-unsaturated/α-hetero) is 1. The maximum Gasteiger partial charge on any atom is 0.231 e. The number of carbonyl (C=O) groups is 2. The third-order valence-electron chi connectivity index (χ3n) is 2.32. The van der Waals surface area contributed by atoms with Crippen molar-refractivity contribution in [3.63, 3.8) is 0 Å². The highest BCUT2D eigenvalue weighted by Crippen LogP contribution is 2.06. The summed E-state index contributed by atoms with van der Waals surface area (Å²) < 4.78 is 0. The molecule has 0 aliphatic heterocycles. The molecule has 88 valence electrons. The van der Waals surface area contributed by atoms with E-state index in [1.807, 2.05) is 18.7 Å². The number of ketones is 1. The Labute approximate surface area is 91.8 Å². The van der Waals surface area contributed by atoms with Crippen LogP contribution in [0, 0.1) is 5.92 Å². The van der Waals surface area contributed by atoms with Gasteiger partial charge in [-0.25, -0.2) is 0 Å². The third-order valence-corrected chi connectivity index (χ3v) is 2.32. The average molecular weight is 214 g/mol. The highest BCUT2D eigenvalue weighted by Gasteiger charge is 2.21. The van der Waals surface area contributed by atoms with Crippen molar-refractivity contribution in [2.75, 3.05) is 13.1 Å². The van der Waals surface area contributed by atoms with Crippen molar-refractivity contribution < 1.29 is 9.59 Å². The summed E-state index contributed by atoms with van der Waals surface area (Å²) in [7, 11) is 0. The molecule has 4 heteroatoms. The molecule has 1 atom stereocenters. The molecule has 0 spiro atoms. The molecular weight excluding hydrogens is 192 g/mol. The van der Waals surface area contributed by atoms with Crippen LogP contribution in [0.25, 0.3) is 0 Å². The Hall–Kier alpha value is -0.900. The monoisotopic (exact) mass is 214 g/mol. The Morgan fingerprint density at radius 3 is 2.13 bits per heavy atom. The molecule has 0 heterocycles. The molecule has 15 heavy (non-hydrogen) atoms. The zero-order chi connectivity index (χ0) is 12.0. The molecule has 0 aromatic rings. The van der Waals surface area contributed by atoms with Gasteiger partial charge in [0.1, 0.15) is 5.78 Å². The van der Waals surface area contributed by atoms with Crippen LogP contribution in [0.2, 0.25) is 0 Å². The van der Waals surface area contributed by atoms with Gasteiger partial charge < -0.3 is 5.73 Å². The van der Waals surface area contributed by atoms with E-state index in [0.717, 1.165) is 6.54 Å². The predicted octanol–water partition coefficient (Wildman–Crippen LogP) is 0.797. The standard InChI is InChI=1S/C11H22N2O2/c1-5-10(14)9(4)13(6-8(2)3)7-11(12)15/h8-9H,5-7H2,1-4H3,(H2,12,15). The van der Waals surface area contributed by atoms with Crippen LogP contribution in [0.4, 0.5) is 0 Å². The summed E-state index contributed by atoms with van der Waals surface area (Å²) >= 11 is 0. The van der Waals surface area contributed by atoms with Gasteiger partial charge in [-0.3, -0.25) is 14.5 Å². The lowest BCUT2D eigenvalue weighted by Crippen LogP contribution is -2.45. The van der Waals surface area contributed by atoms with Gasteiger partial charge >= 0.3 is 0 Å². The second kappa shape index (κ2) is 6.56. The van der Waals surface area contributed by atoms with Crippen LogP contribution in [0.5, 0.6) is 0 Å². The summed E-state index contributed by atoms with van der Waals surface area (Å²) in [5.74, 6) is 0.180. The Balaban J connectivity index is 4.46. The predicted molar refractivity (Wildman–Crippen MR) is 60.4 cm³/mol. The van der Waals surface area contributed by atoms with Crippen molar-refractivity contribution >= 4 is 11.7 Å². The Morgan fingerprint density at radius 1 is 1.27 bits per heavy atom. The molecule has 0 saturated heterocycles. The van der Waals surface area contributed by atoms with Crippen LogP contribution >= 0.6 is 0 Å². The Kier molecular flexibility index (Phi) is 6.17. The van der Waals surface area contributed by atoms with Crippen LogP contribution in [0.3, 0.4) is 0 Å². The molecule has 2 N–H and O–H groups in total. The summed E-state index contributed by atoms with van der Waals surface area (Å²) in [5, 5.41) is 0. The van der Waals surface area contributed by atoms with Crippen LogP contribution in [0.1, 0.15) is 34.1 Å². The van der Waals surface area contributed by atoms with Crippen molar-refractivity contribution in [1.29, 1.82) is 0 Å². The van der Waals surface area contributed by atoms with E-state index in [2.05, 4.69) is 13.8 Å². The van der Waals surface area contributed by atoms with Gasteiger partial charge in [-0.05, 0) is 12.8 Å². The highest BCUT2D eigenvalue weighted by atomic mass is 16.1. The molecular formula is C11H22N2O2. The van der Waals surface area contributed by atoms with Gasteiger partial charge in [-0.15, -0.1) is 0 Å². The third kappa shape index (κ3) is 5.52. The fourth-order valence-corrected chi connectivity index (χ4v) is 1.53. The summed E-state index contributed by atoms with van der Waals surface area (Å²) in [5.41, 5.74) is 5.16. The SMILES string of the molecule is CCC(=O)C(C)N(CC(N)=O)CC(C)C. The molecule has 0 aromatic heterocycles. The molecule has 0 aliphatic rings. The molecule has 0 fully saturated rings. The first-order chi connectivity index (χ1) is 6.88. The summed E-state index contributed by atoms with van der Waals surface area (Å²) in [4.78, 5) is 24.2. The van der Waals surface area contributed by atoms with Crippen LogP contribution in [0.15, 0.2) is 0 Å². The lowest BCUT2D eigenvalue weighted by atomic mass is 10.1. The molecule has 0 aromatic carbocycles. The summed E-state index contributed by atoms with van der Waals surface area (Å²) in [6, 6.07) is -0.218. The molecule has 0 bridgehead atoms. The number of nitrogens with two attached hydrogens (primary N) is 1. The number of hydrogen-bond donors (Lipinski definition) is 1. The first kappa shape index (κ1) is 14.1. The number of nitrogens with zero attached hydrogens (tertiary/aromatic N) is 1. The van der Waals surface area contributed by atoms with Gasteiger partial charge in [0.2, 0.25) is 5.91 Å². The number of rotatable bonds is 7.